The standard InChI is InChI=1S/C14H13N3O2/c1-8-7-10(9(2)19-8)13(18)17-14-15-11-5-3-4-6-12(11)16-14/h3-7H,1-2H3,(H2,15,16,17,18). The molecule has 2 N–H and O–H groups in total. The van der Waals surface area contributed by atoms with Crippen LogP contribution in [0.5, 0.6) is 0 Å². The van der Waals surface area contributed by atoms with E-state index in [1.807, 2.05) is 31.2 Å². The number of H-pyrrole nitrogens is 1. The van der Waals surface area contributed by atoms with Gasteiger partial charge in [-0.05, 0) is 32.0 Å². The number of nitrogens with one attached hydrogen (secondary N) is 2. The average molecular weight is 255 g/mol. The molecule has 2 aromatic heterocycles. The number of nitrogens with zero attached hydrogens (tertiary/aromatic N) is 1. The topological polar surface area (TPSA) is 70.9 Å². The van der Waals surface area contributed by atoms with Crippen molar-refractivity contribution in [2.24, 2.45) is 0 Å². The number of aromatic nitrogens is 2. The molecule has 0 aliphatic rings. The molecule has 96 valence electrons. The lowest BCUT2D eigenvalue weighted by Crippen LogP contribution is -2.13. The number of anilines is 1. The Labute approximate surface area is 109 Å². The van der Waals surface area contributed by atoms with Gasteiger partial charge in [-0.15, -0.1) is 0 Å². The van der Waals surface area contributed by atoms with Crippen molar-refractivity contribution in [2.45, 2.75) is 13.8 Å². The summed E-state index contributed by atoms with van der Waals surface area (Å²) >= 11 is 0. The Morgan fingerprint density at radius 3 is 2.79 bits per heavy atom. The fourth-order valence-electron chi connectivity index (χ4n) is 2.04. The summed E-state index contributed by atoms with van der Waals surface area (Å²) in [5.74, 6) is 1.52. The van der Waals surface area contributed by atoms with Crippen LogP contribution in [0.4, 0.5) is 5.95 Å². The second-order valence-corrected chi connectivity index (χ2v) is 4.38. The Morgan fingerprint density at radius 2 is 2.11 bits per heavy atom. The summed E-state index contributed by atoms with van der Waals surface area (Å²) in [6, 6.07) is 9.32. The van der Waals surface area contributed by atoms with E-state index in [2.05, 4.69) is 15.3 Å². The van der Waals surface area contributed by atoms with Crippen LogP contribution in [-0.4, -0.2) is 15.9 Å². The van der Waals surface area contributed by atoms with Crippen molar-refractivity contribution in [2.75, 3.05) is 5.32 Å². The van der Waals surface area contributed by atoms with E-state index >= 15 is 0 Å². The van der Waals surface area contributed by atoms with Crippen LogP contribution >= 0.6 is 0 Å². The summed E-state index contributed by atoms with van der Waals surface area (Å²) < 4.78 is 5.34. The summed E-state index contributed by atoms with van der Waals surface area (Å²) in [6.45, 7) is 3.57. The van der Waals surface area contributed by atoms with Gasteiger partial charge in [0, 0.05) is 0 Å². The molecule has 0 aliphatic carbocycles. The Hall–Kier alpha value is -2.56. The first-order chi connectivity index (χ1) is 9.13. The minimum absolute atomic E-state index is 0.228. The smallest absolute Gasteiger partial charge is 0.261 e. The number of fused-ring (bicyclic) bond motifs is 1. The normalized spacial score (nSPS) is 10.8. The van der Waals surface area contributed by atoms with Gasteiger partial charge in [0.1, 0.15) is 11.5 Å². The zero-order valence-electron chi connectivity index (χ0n) is 10.7. The van der Waals surface area contributed by atoms with Crippen LogP contribution in [0.2, 0.25) is 0 Å². The minimum atomic E-state index is -0.228. The molecule has 2 heterocycles. The number of amides is 1. The van der Waals surface area contributed by atoms with E-state index in [1.54, 1.807) is 13.0 Å². The molecule has 1 amide bonds. The van der Waals surface area contributed by atoms with E-state index in [0.29, 0.717) is 23.0 Å². The highest BCUT2D eigenvalue weighted by Gasteiger charge is 2.15. The average Bonchev–Trinajstić information content (AvgIpc) is 2.91. The van der Waals surface area contributed by atoms with E-state index < -0.39 is 0 Å². The third-order valence-corrected chi connectivity index (χ3v) is 2.91. The summed E-state index contributed by atoms with van der Waals surface area (Å²) in [7, 11) is 0. The van der Waals surface area contributed by atoms with Crippen LogP contribution < -0.4 is 5.32 Å². The van der Waals surface area contributed by atoms with Crippen molar-refractivity contribution >= 4 is 22.9 Å². The summed E-state index contributed by atoms with van der Waals surface area (Å²) in [6.07, 6.45) is 0. The van der Waals surface area contributed by atoms with Gasteiger partial charge in [0.2, 0.25) is 5.95 Å². The molecule has 5 nitrogen and oxygen atoms in total. The maximum absolute atomic E-state index is 12.1. The predicted molar refractivity (Wildman–Crippen MR) is 72.2 cm³/mol. The molecule has 0 atom stereocenters. The number of carbonyl (C=O) groups excluding carboxylic acids is 1. The van der Waals surface area contributed by atoms with Gasteiger partial charge in [-0.3, -0.25) is 10.1 Å². The number of furan rings is 1. The van der Waals surface area contributed by atoms with Crippen LogP contribution in [0.1, 0.15) is 21.9 Å². The van der Waals surface area contributed by atoms with Gasteiger partial charge in [-0.25, -0.2) is 4.98 Å². The van der Waals surface area contributed by atoms with Crippen LogP contribution in [0.3, 0.4) is 0 Å². The lowest BCUT2D eigenvalue weighted by Gasteiger charge is -1.99. The number of benzene rings is 1. The van der Waals surface area contributed by atoms with Crippen molar-refractivity contribution in [3.8, 4) is 0 Å². The van der Waals surface area contributed by atoms with Gasteiger partial charge < -0.3 is 9.40 Å². The molecule has 3 rings (SSSR count). The number of para-hydroxylation sites is 2. The summed E-state index contributed by atoms with van der Waals surface area (Å²) in [5, 5.41) is 2.74. The maximum atomic E-state index is 12.1. The highest BCUT2D eigenvalue weighted by Crippen LogP contribution is 2.17. The number of aryl methyl sites for hydroxylation is 2. The number of carbonyl (C=O) groups is 1. The first-order valence-corrected chi connectivity index (χ1v) is 5.96. The number of imidazole rings is 1. The quantitative estimate of drug-likeness (QED) is 0.739. The second-order valence-electron chi connectivity index (χ2n) is 4.38. The Balaban J connectivity index is 1.88. The molecule has 19 heavy (non-hydrogen) atoms. The second kappa shape index (κ2) is 4.28. The van der Waals surface area contributed by atoms with E-state index in [9.17, 15) is 4.79 Å². The molecular formula is C14H13N3O2. The minimum Gasteiger partial charge on any atom is -0.466 e. The molecule has 1 aromatic carbocycles. The largest absolute Gasteiger partial charge is 0.466 e. The zero-order valence-corrected chi connectivity index (χ0v) is 10.7. The van der Waals surface area contributed by atoms with Crippen molar-refractivity contribution in [3.05, 3.63) is 47.4 Å². The van der Waals surface area contributed by atoms with Crippen LogP contribution in [-0.2, 0) is 0 Å². The highest BCUT2D eigenvalue weighted by atomic mass is 16.3. The summed E-state index contributed by atoms with van der Waals surface area (Å²) in [5.41, 5.74) is 2.23. The third kappa shape index (κ3) is 2.10. The number of aromatic amines is 1. The van der Waals surface area contributed by atoms with E-state index in [1.165, 1.54) is 0 Å². The van der Waals surface area contributed by atoms with Gasteiger partial charge >= 0.3 is 0 Å². The van der Waals surface area contributed by atoms with Gasteiger partial charge in [0.25, 0.3) is 5.91 Å². The molecule has 0 radical (unpaired) electrons. The first-order valence-electron chi connectivity index (χ1n) is 5.96. The van der Waals surface area contributed by atoms with E-state index in [-0.39, 0.29) is 5.91 Å². The fraction of sp³-hybridized carbons (Fsp3) is 0.143. The lowest BCUT2D eigenvalue weighted by molar-refractivity contribution is 0.102. The number of hydrogen-bond donors (Lipinski definition) is 2. The third-order valence-electron chi connectivity index (χ3n) is 2.91. The van der Waals surface area contributed by atoms with Gasteiger partial charge in [0.05, 0.1) is 16.6 Å². The highest BCUT2D eigenvalue weighted by molar-refractivity contribution is 6.04. The van der Waals surface area contributed by atoms with Gasteiger partial charge in [0.15, 0.2) is 0 Å². The van der Waals surface area contributed by atoms with Crippen molar-refractivity contribution in [1.82, 2.24) is 9.97 Å². The van der Waals surface area contributed by atoms with Gasteiger partial charge in [-0.1, -0.05) is 12.1 Å². The van der Waals surface area contributed by atoms with Crippen LogP contribution in [0.15, 0.2) is 34.7 Å². The number of hydrogen-bond acceptors (Lipinski definition) is 3. The van der Waals surface area contributed by atoms with E-state index in [0.717, 1.165) is 11.0 Å². The van der Waals surface area contributed by atoms with Crippen molar-refractivity contribution < 1.29 is 9.21 Å². The predicted octanol–water partition coefficient (Wildman–Crippen LogP) is 3.03. The Bertz CT molecular complexity index is 722. The molecule has 0 saturated heterocycles. The van der Waals surface area contributed by atoms with Crippen LogP contribution in [0.25, 0.3) is 11.0 Å². The molecule has 0 fully saturated rings. The van der Waals surface area contributed by atoms with Crippen molar-refractivity contribution in [1.29, 1.82) is 0 Å². The Kier molecular flexibility index (Phi) is 2.59. The molecule has 3 aromatic rings. The van der Waals surface area contributed by atoms with Gasteiger partial charge in [-0.2, -0.15) is 0 Å². The zero-order chi connectivity index (χ0) is 13.4. The molecule has 0 aliphatic heterocycles. The summed E-state index contributed by atoms with van der Waals surface area (Å²) in [4.78, 5) is 19.4. The maximum Gasteiger partial charge on any atom is 0.261 e. The van der Waals surface area contributed by atoms with Crippen molar-refractivity contribution in [3.63, 3.8) is 0 Å². The molecule has 0 spiro atoms. The lowest BCUT2D eigenvalue weighted by atomic mass is 10.2. The molecule has 0 saturated carbocycles. The van der Waals surface area contributed by atoms with E-state index in [4.69, 9.17) is 4.42 Å². The molecule has 5 heteroatoms. The Morgan fingerprint density at radius 1 is 1.32 bits per heavy atom. The molecule has 0 bridgehead atoms. The number of rotatable bonds is 2. The molecular weight excluding hydrogens is 242 g/mol. The molecule has 0 unspecified atom stereocenters. The SMILES string of the molecule is Cc1cc(C(=O)Nc2nc3ccccc3[nH]2)c(C)o1. The first kappa shape index (κ1) is 11.5. The fourth-order valence-corrected chi connectivity index (χ4v) is 2.04. The van der Waals surface area contributed by atoms with Crippen LogP contribution in [0, 0.1) is 13.8 Å². The monoisotopic (exact) mass is 255 g/mol.